The molecule has 0 N–H and O–H groups in total. The lowest BCUT2D eigenvalue weighted by molar-refractivity contribution is 0.260. The molecule has 0 aromatic heterocycles. The molecule has 1 fully saturated rings. The van der Waals surface area contributed by atoms with Crippen molar-refractivity contribution in [2.45, 2.75) is 45.1 Å². The van der Waals surface area contributed by atoms with Gasteiger partial charge >= 0.3 is 0 Å². The van der Waals surface area contributed by atoms with E-state index in [4.69, 9.17) is 0 Å². The van der Waals surface area contributed by atoms with Crippen molar-refractivity contribution >= 4 is 0 Å². The van der Waals surface area contributed by atoms with E-state index in [2.05, 4.69) is 42.3 Å². The molecule has 0 atom stereocenters. The maximum Gasteiger partial charge on any atom is 0.0230 e. The van der Waals surface area contributed by atoms with Crippen molar-refractivity contribution in [2.75, 3.05) is 13.6 Å². The Morgan fingerprint density at radius 1 is 1.06 bits per heavy atom. The number of nitrogens with zero attached hydrogens (tertiary/aromatic N) is 1. The summed E-state index contributed by atoms with van der Waals surface area (Å²) in [6.07, 6.45) is 8.73. The van der Waals surface area contributed by atoms with Gasteiger partial charge in [0.2, 0.25) is 0 Å². The van der Waals surface area contributed by atoms with Crippen LogP contribution in [0.15, 0.2) is 30.3 Å². The second-order valence-corrected chi connectivity index (χ2v) is 5.52. The lowest BCUT2D eigenvalue weighted by Gasteiger charge is -2.24. The van der Waals surface area contributed by atoms with Gasteiger partial charge in [-0.15, -0.1) is 0 Å². The number of hydrogen-bond donors (Lipinski definition) is 0. The first-order valence-corrected chi connectivity index (χ1v) is 7.07. The van der Waals surface area contributed by atoms with Crippen molar-refractivity contribution in [1.29, 1.82) is 0 Å². The fourth-order valence-electron chi connectivity index (χ4n) is 2.85. The van der Waals surface area contributed by atoms with Gasteiger partial charge in [-0.05, 0) is 31.5 Å². The smallest absolute Gasteiger partial charge is 0.0230 e. The van der Waals surface area contributed by atoms with Crippen LogP contribution >= 0.6 is 0 Å². The lowest BCUT2D eigenvalue weighted by Crippen LogP contribution is -2.22. The van der Waals surface area contributed by atoms with Crippen molar-refractivity contribution in [1.82, 2.24) is 4.90 Å². The molecule has 1 saturated carbocycles. The van der Waals surface area contributed by atoms with Crippen LogP contribution in [0.3, 0.4) is 0 Å². The molecule has 2 rings (SSSR count). The van der Waals surface area contributed by atoms with Gasteiger partial charge in [-0.1, -0.05) is 62.4 Å². The second kappa shape index (κ2) is 6.80. The van der Waals surface area contributed by atoms with E-state index in [9.17, 15) is 0 Å². The second-order valence-electron chi connectivity index (χ2n) is 5.52. The zero-order valence-corrected chi connectivity index (χ0v) is 11.1. The molecular formula is C16H25N. The summed E-state index contributed by atoms with van der Waals surface area (Å²) in [5.74, 6) is 1.00. The lowest BCUT2D eigenvalue weighted by atomic mass is 9.87. The molecule has 0 aliphatic heterocycles. The van der Waals surface area contributed by atoms with E-state index < -0.39 is 0 Å². The molecule has 1 nitrogen and oxygen atoms in total. The van der Waals surface area contributed by atoms with Crippen molar-refractivity contribution in [2.24, 2.45) is 5.92 Å². The van der Waals surface area contributed by atoms with Crippen LogP contribution in [-0.4, -0.2) is 18.5 Å². The largest absolute Gasteiger partial charge is 0.302 e. The van der Waals surface area contributed by atoms with Gasteiger partial charge in [0.15, 0.2) is 0 Å². The Morgan fingerprint density at radius 3 is 2.47 bits per heavy atom. The first-order chi connectivity index (χ1) is 8.34. The SMILES string of the molecule is CN(CCC1CCCCC1)Cc1ccccc1. The van der Waals surface area contributed by atoms with E-state index in [-0.39, 0.29) is 0 Å². The van der Waals surface area contributed by atoms with Gasteiger partial charge in [-0.25, -0.2) is 0 Å². The summed E-state index contributed by atoms with van der Waals surface area (Å²) in [5, 5.41) is 0. The fourth-order valence-corrected chi connectivity index (χ4v) is 2.85. The zero-order chi connectivity index (χ0) is 11.9. The van der Waals surface area contributed by atoms with Crippen LogP contribution in [0.25, 0.3) is 0 Å². The topological polar surface area (TPSA) is 3.24 Å². The molecule has 1 aromatic rings. The van der Waals surface area contributed by atoms with Gasteiger partial charge in [0.05, 0.1) is 0 Å². The summed E-state index contributed by atoms with van der Waals surface area (Å²) in [7, 11) is 2.25. The Bertz CT molecular complexity index is 301. The number of benzene rings is 1. The van der Waals surface area contributed by atoms with Crippen molar-refractivity contribution in [3.8, 4) is 0 Å². The van der Waals surface area contributed by atoms with Crippen molar-refractivity contribution < 1.29 is 0 Å². The van der Waals surface area contributed by atoms with Gasteiger partial charge in [-0.2, -0.15) is 0 Å². The summed E-state index contributed by atoms with van der Waals surface area (Å²) in [4.78, 5) is 2.46. The number of rotatable bonds is 5. The van der Waals surface area contributed by atoms with Crippen LogP contribution in [0.2, 0.25) is 0 Å². The third kappa shape index (κ3) is 4.51. The van der Waals surface area contributed by atoms with Crippen LogP contribution in [0.1, 0.15) is 44.1 Å². The molecule has 0 saturated heterocycles. The van der Waals surface area contributed by atoms with Crippen LogP contribution in [0.5, 0.6) is 0 Å². The van der Waals surface area contributed by atoms with Crippen LogP contribution < -0.4 is 0 Å². The summed E-state index contributed by atoms with van der Waals surface area (Å²) in [5.41, 5.74) is 1.43. The monoisotopic (exact) mass is 231 g/mol. The summed E-state index contributed by atoms with van der Waals surface area (Å²) in [6.45, 7) is 2.34. The van der Waals surface area contributed by atoms with E-state index >= 15 is 0 Å². The van der Waals surface area contributed by atoms with E-state index in [0.29, 0.717) is 0 Å². The molecule has 1 aliphatic rings. The zero-order valence-electron chi connectivity index (χ0n) is 11.1. The fraction of sp³-hybridized carbons (Fsp3) is 0.625. The Hall–Kier alpha value is -0.820. The van der Waals surface area contributed by atoms with Crippen LogP contribution in [-0.2, 0) is 6.54 Å². The van der Waals surface area contributed by atoms with E-state index in [0.717, 1.165) is 12.5 Å². The molecule has 1 aromatic carbocycles. The summed E-state index contributed by atoms with van der Waals surface area (Å²) in [6, 6.07) is 10.8. The molecule has 0 unspecified atom stereocenters. The van der Waals surface area contributed by atoms with Crippen molar-refractivity contribution in [3.05, 3.63) is 35.9 Å². The molecule has 1 aliphatic carbocycles. The standard InChI is InChI=1S/C16H25N/c1-17(14-16-10-6-3-7-11-16)13-12-15-8-4-2-5-9-15/h3,6-7,10-11,15H,2,4-5,8-9,12-14H2,1H3. The minimum absolute atomic E-state index is 1.00. The predicted molar refractivity (Wildman–Crippen MR) is 74.0 cm³/mol. The third-order valence-corrected chi connectivity index (χ3v) is 3.94. The van der Waals surface area contributed by atoms with Gasteiger partial charge in [0, 0.05) is 6.54 Å². The molecule has 17 heavy (non-hydrogen) atoms. The maximum atomic E-state index is 2.46. The molecule has 0 amide bonds. The third-order valence-electron chi connectivity index (χ3n) is 3.94. The Kier molecular flexibility index (Phi) is 5.06. The van der Waals surface area contributed by atoms with E-state index in [1.54, 1.807) is 0 Å². The molecular weight excluding hydrogens is 206 g/mol. The molecule has 0 heterocycles. The molecule has 0 bridgehead atoms. The molecule has 0 spiro atoms. The summed E-state index contributed by atoms with van der Waals surface area (Å²) < 4.78 is 0. The van der Waals surface area contributed by atoms with Gasteiger partial charge in [0.1, 0.15) is 0 Å². The van der Waals surface area contributed by atoms with Gasteiger partial charge in [0.25, 0.3) is 0 Å². The molecule has 1 heteroatoms. The Balaban J connectivity index is 1.68. The highest BCUT2D eigenvalue weighted by Crippen LogP contribution is 2.26. The van der Waals surface area contributed by atoms with Crippen molar-refractivity contribution in [3.63, 3.8) is 0 Å². The molecule has 94 valence electrons. The quantitative estimate of drug-likeness (QED) is 0.738. The van der Waals surface area contributed by atoms with Gasteiger partial charge < -0.3 is 4.90 Å². The van der Waals surface area contributed by atoms with E-state index in [1.165, 1.54) is 50.6 Å². The normalized spacial score (nSPS) is 17.5. The minimum atomic E-state index is 1.00. The minimum Gasteiger partial charge on any atom is -0.302 e. The van der Waals surface area contributed by atoms with Crippen LogP contribution in [0, 0.1) is 5.92 Å². The predicted octanol–water partition coefficient (Wildman–Crippen LogP) is 4.09. The Labute approximate surface area is 106 Å². The van der Waals surface area contributed by atoms with Crippen LogP contribution in [0.4, 0.5) is 0 Å². The highest BCUT2D eigenvalue weighted by atomic mass is 15.1. The number of hydrogen-bond acceptors (Lipinski definition) is 1. The highest BCUT2D eigenvalue weighted by Gasteiger charge is 2.13. The highest BCUT2D eigenvalue weighted by molar-refractivity contribution is 5.14. The maximum absolute atomic E-state index is 2.46. The first kappa shape index (κ1) is 12.6. The van der Waals surface area contributed by atoms with E-state index in [1.807, 2.05) is 0 Å². The average Bonchev–Trinajstić information content (AvgIpc) is 2.39. The average molecular weight is 231 g/mol. The van der Waals surface area contributed by atoms with Gasteiger partial charge in [-0.3, -0.25) is 0 Å². The Morgan fingerprint density at radius 2 is 1.76 bits per heavy atom. The molecule has 0 radical (unpaired) electrons. The first-order valence-electron chi connectivity index (χ1n) is 7.07. The summed E-state index contributed by atoms with van der Waals surface area (Å²) >= 11 is 0.